The molecule has 0 aliphatic carbocycles. The van der Waals surface area contributed by atoms with Gasteiger partial charge in [-0.2, -0.15) is 0 Å². The minimum absolute atomic E-state index is 0.289. The standard InChI is InChI=1S/C19H25ClN6O3/c1-4-7-25-17-15(18(27)26(8-5-2)19(25)28)23-16(24-17)12-10-13(20)22-14(11-12)21-6-9-29-3/h10-11H,4-9H2,1-3H3,(H,21,22)(H,23,24). The van der Waals surface area contributed by atoms with Crippen LogP contribution in [-0.4, -0.2) is 44.3 Å². The first kappa shape index (κ1) is 21.1. The number of aromatic nitrogens is 5. The normalized spacial score (nSPS) is 11.3. The fraction of sp³-hybridized carbons (Fsp3) is 0.474. The molecule has 0 fully saturated rings. The zero-order valence-electron chi connectivity index (χ0n) is 16.8. The lowest BCUT2D eigenvalue weighted by Crippen LogP contribution is -2.40. The zero-order chi connectivity index (χ0) is 21.0. The minimum Gasteiger partial charge on any atom is -0.383 e. The molecule has 9 nitrogen and oxygen atoms in total. The second kappa shape index (κ2) is 9.23. The third-order valence-electron chi connectivity index (χ3n) is 4.44. The molecule has 0 unspecified atom stereocenters. The van der Waals surface area contributed by atoms with Gasteiger partial charge in [0.05, 0.1) is 6.61 Å². The summed E-state index contributed by atoms with van der Waals surface area (Å²) in [6.07, 6.45) is 1.43. The Morgan fingerprint density at radius 1 is 1.14 bits per heavy atom. The number of ether oxygens (including phenoxy) is 1. The van der Waals surface area contributed by atoms with Crippen molar-refractivity contribution in [2.45, 2.75) is 39.8 Å². The summed E-state index contributed by atoms with van der Waals surface area (Å²) in [5.41, 5.74) is 0.628. The van der Waals surface area contributed by atoms with E-state index < -0.39 is 0 Å². The smallest absolute Gasteiger partial charge is 0.332 e. The number of fused-ring (bicyclic) bond motifs is 1. The lowest BCUT2D eigenvalue weighted by Gasteiger charge is -2.09. The van der Waals surface area contributed by atoms with E-state index in [1.54, 1.807) is 23.8 Å². The number of nitrogens with one attached hydrogen (secondary N) is 2. The van der Waals surface area contributed by atoms with Crippen molar-refractivity contribution in [1.82, 2.24) is 24.1 Å². The number of hydrogen-bond donors (Lipinski definition) is 2. The monoisotopic (exact) mass is 420 g/mol. The van der Waals surface area contributed by atoms with Gasteiger partial charge in [0.15, 0.2) is 5.65 Å². The van der Waals surface area contributed by atoms with Crippen molar-refractivity contribution in [1.29, 1.82) is 0 Å². The highest BCUT2D eigenvalue weighted by Gasteiger charge is 2.18. The van der Waals surface area contributed by atoms with Crippen molar-refractivity contribution in [3.63, 3.8) is 0 Å². The van der Waals surface area contributed by atoms with E-state index in [-0.39, 0.29) is 16.4 Å². The number of nitrogens with zero attached hydrogens (tertiary/aromatic N) is 4. The predicted molar refractivity (Wildman–Crippen MR) is 114 cm³/mol. The van der Waals surface area contributed by atoms with Crippen LogP contribution in [0.25, 0.3) is 22.6 Å². The van der Waals surface area contributed by atoms with Gasteiger partial charge in [-0.1, -0.05) is 25.4 Å². The van der Waals surface area contributed by atoms with Crippen LogP contribution in [0.3, 0.4) is 0 Å². The van der Waals surface area contributed by atoms with Gasteiger partial charge in [-0.3, -0.25) is 13.9 Å². The number of aryl methyl sites for hydroxylation is 1. The van der Waals surface area contributed by atoms with Gasteiger partial charge in [-0.05, 0) is 25.0 Å². The number of pyridine rings is 1. The molecule has 2 N–H and O–H groups in total. The number of hydrogen-bond acceptors (Lipinski definition) is 6. The van der Waals surface area contributed by atoms with E-state index in [9.17, 15) is 9.59 Å². The fourth-order valence-electron chi connectivity index (χ4n) is 3.15. The van der Waals surface area contributed by atoms with Gasteiger partial charge in [-0.25, -0.2) is 14.8 Å². The maximum absolute atomic E-state index is 12.9. The van der Waals surface area contributed by atoms with E-state index in [4.69, 9.17) is 16.3 Å². The molecule has 3 rings (SSSR count). The molecular formula is C19H25ClN6O3. The summed E-state index contributed by atoms with van der Waals surface area (Å²) in [7, 11) is 1.62. The first-order valence-corrected chi connectivity index (χ1v) is 10.0. The van der Waals surface area contributed by atoms with E-state index in [2.05, 4.69) is 20.3 Å². The van der Waals surface area contributed by atoms with Gasteiger partial charge in [-0.15, -0.1) is 0 Å². The molecular weight excluding hydrogens is 396 g/mol. The maximum atomic E-state index is 12.9. The van der Waals surface area contributed by atoms with Crippen LogP contribution in [0.1, 0.15) is 26.7 Å². The molecule has 0 amide bonds. The SMILES string of the molecule is CCCn1c(=O)c2[nH]c(-c3cc(Cl)nc(NCCOC)c3)nc2n(CCC)c1=O. The average molecular weight is 421 g/mol. The Labute approximate surface area is 172 Å². The first-order valence-electron chi connectivity index (χ1n) is 9.64. The predicted octanol–water partition coefficient (Wildman–Crippen LogP) is 2.48. The molecule has 0 spiro atoms. The highest BCUT2D eigenvalue weighted by atomic mass is 35.5. The maximum Gasteiger partial charge on any atom is 0.332 e. The van der Waals surface area contributed by atoms with Crippen LogP contribution in [0.5, 0.6) is 0 Å². The van der Waals surface area contributed by atoms with Crippen molar-refractivity contribution >= 4 is 28.6 Å². The molecule has 0 bridgehead atoms. The first-order chi connectivity index (χ1) is 14.0. The van der Waals surface area contributed by atoms with Crippen molar-refractivity contribution in [3.05, 3.63) is 38.1 Å². The average Bonchev–Trinajstić information content (AvgIpc) is 3.14. The molecule has 0 saturated carbocycles. The fourth-order valence-corrected chi connectivity index (χ4v) is 3.36. The third-order valence-corrected chi connectivity index (χ3v) is 4.63. The second-order valence-corrected chi connectivity index (χ2v) is 7.05. The summed E-state index contributed by atoms with van der Waals surface area (Å²) in [6.45, 7) is 5.83. The molecule has 3 heterocycles. The number of halogens is 1. The summed E-state index contributed by atoms with van der Waals surface area (Å²) in [6, 6.07) is 3.44. The van der Waals surface area contributed by atoms with Gasteiger partial charge in [0, 0.05) is 32.3 Å². The van der Waals surface area contributed by atoms with Crippen molar-refractivity contribution < 1.29 is 4.74 Å². The summed E-state index contributed by atoms with van der Waals surface area (Å²) < 4.78 is 7.84. The molecule has 0 aliphatic rings. The quantitative estimate of drug-likeness (QED) is 0.407. The second-order valence-electron chi connectivity index (χ2n) is 6.66. The molecule has 3 aromatic rings. The largest absolute Gasteiger partial charge is 0.383 e. The Hall–Kier alpha value is -2.65. The van der Waals surface area contributed by atoms with Gasteiger partial charge >= 0.3 is 5.69 Å². The molecule has 0 saturated heterocycles. The van der Waals surface area contributed by atoms with Crippen LogP contribution in [0.4, 0.5) is 5.82 Å². The number of anilines is 1. The van der Waals surface area contributed by atoms with Gasteiger partial charge in [0.1, 0.15) is 22.3 Å². The van der Waals surface area contributed by atoms with Crippen molar-refractivity contribution in [3.8, 4) is 11.4 Å². The number of imidazole rings is 1. The number of H-pyrrole nitrogens is 1. The summed E-state index contributed by atoms with van der Waals surface area (Å²) in [5, 5.41) is 3.41. The lowest BCUT2D eigenvalue weighted by molar-refractivity contribution is 0.210. The number of aromatic amines is 1. The van der Waals surface area contributed by atoms with Gasteiger partial charge in [0.25, 0.3) is 5.56 Å². The Balaban J connectivity index is 2.15. The Kier molecular flexibility index (Phi) is 6.71. The van der Waals surface area contributed by atoms with Crippen LogP contribution >= 0.6 is 11.6 Å². The Bertz CT molecular complexity index is 1120. The van der Waals surface area contributed by atoms with Crippen LogP contribution in [0.15, 0.2) is 21.7 Å². The van der Waals surface area contributed by atoms with Crippen LogP contribution in [0.2, 0.25) is 5.15 Å². The molecule has 0 aromatic carbocycles. The molecule has 0 atom stereocenters. The zero-order valence-corrected chi connectivity index (χ0v) is 17.5. The molecule has 29 heavy (non-hydrogen) atoms. The van der Waals surface area contributed by atoms with Crippen LogP contribution in [-0.2, 0) is 17.8 Å². The molecule has 10 heteroatoms. The van der Waals surface area contributed by atoms with E-state index in [1.165, 1.54) is 4.57 Å². The van der Waals surface area contributed by atoms with Crippen molar-refractivity contribution in [2.24, 2.45) is 0 Å². The van der Waals surface area contributed by atoms with Gasteiger partial charge < -0.3 is 15.0 Å². The summed E-state index contributed by atoms with van der Waals surface area (Å²) >= 11 is 6.17. The van der Waals surface area contributed by atoms with Gasteiger partial charge in [0.2, 0.25) is 0 Å². The molecule has 0 aliphatic heterocycles. The summed E-state index contributed by atoms with van der Waals surface area (Å²) in [4.78, 5) is 37.5. The van der Waals surface area contributed by atoms with Crippen LogP contribution in [0, 0.1) is 0 Å². The molecule has 156 valence electrons. The van der Waals surface area contributed by atoms with Crippen LogP contribution < -0.4 is 16.6 Å². The highest BCUT2D eigenvalue weighted by molar-refractivity contribution is 6.29. The van der Waals surface area contributed by atoms with E-state index in [0.717, 1.165) is 6.42 Å². The third kappa shape index (κ3) is 4.35. The summed E-state index contributed by atoms with van der Waals surface area (Å²) in [5.74, 6) is 1.02. The van der Waals surface area contributed by atoms with E-state index in [1.807, 2.05) is 13.8 Å². The molecule has 0 radical (unpaired) electrons. The lowest BCUT2D eigenvalue weighted by atomic mass is 10.2. The topological polar surface area (TPSA) is 107 Å². The van der Waals surface area contributed by atoms with E-state index in [0.29, 0.717) is 61.0 Å². The highest BCUT2D eigenvalue weighted by Crippen LogP contribution is 2.24. The molecule has 3 aromatic heterocycles. The Morgan fingerprint density at radius 2 is 1.86 bits per heavy atom. The number of rotatable bonds is 9. The van der Waals surface area contributed by atoms with E-state index >= 15 is 0 Å². The number of methoxy groups -OCH3 is 1. The Morgan fingerprint density at radius 3 is 2.55 bits per heavy atom. The minimum atomic E-state index is -0.364. The van der Waals surface area contributed by atoms with Crippen molar-refractivity contribution in [2.75, 3.05) is 25.6 Å².